The maximum absolute atomic E-state index is 13.6. The van der Waals surface area contributed by atoms with Crippen molar-refractivity contribution in [2.24, 2.45) is 0 Å². The lowest BCUT2D eigenvalue weighted by Gasteiger charge is -2.05. The van der Waals surface area contributed by atoms with Crippen molar-refractivity contribution < 1.29 is 19.1 Å². The molecule has 5 heteroatoms. The molecule has 0 saturated carbocycles. The summed E-state index contributed by atoms with van der Waals surface area (Å²) in [4.78, 5) is 21.0. The molecule has 108 valence electrons. The van der Waals surface area contributed by atoms with Crippen LogP contribution in [0.2, 0.25) is 0 Å². The van der Waals surface area contributed by atoms with Gasteiger partial charge in [-0.3, -0.25) is 9.59 Å². The van der Waals surface area contributed by atoms with Crippen LogP contribution in [0.25, 0.3) is 11.1 Å². The van der Waals surface area contributed by atoms with Crippen LogP contribution in [0.1, 0.15) is 15.9 Å². The quantitative estimate of drug-likeness (QED) is 0.828. The molecule has 0 atom stereocenters. The van der Waals surface area contributed by atoms with Gasteiger partial charge in [0, 0.05) is 5.75 Å². The van der Waals surface area contributed by atoms with Crippen LogP contribution in [0, 0.1) is 5.82 Å². The summed E-state index contributed by atoms with van der Waals surface area (Å²) in [6, 6.07) is 12.0. The van der Waals surface area contributed by atoms with Crippen LogP contribution in [0.5, 0.6) is 0 Å². The topological polar surface area (TPSA) is 54.4 Å². The van der Waals surface area contributed by atoms with E-state index in [4.69, 9.17) is 5.11 Å². The molecule has 3 nitrogen and oxygen atoms in total. The fraction of sp³-hybridized carbons (Fsp3) is 0.125. The van der Waals surface area contributed by atoms with E-state index >= 15 is 0 Å². The van der Waals surface area contributed by atoms with Gasteiger partial charge < -0.3 is 5.11 Å². The molecule has 0 fully saturated rings. The molecule has 0 radical (unpaired) electrons. The molecule has 0 aliphatic rings. The van der Waals surface area contributed by atoms with E-state index in [-0.39, 0.29) is 11.3 Å². The van der Waals surface area contributed by atoms with Gasteiger partial charge in [-0.05, 0) is 28.8 Å². The van der Waals surface area contributed by atoms with Crippen molar-refractivity contribution in [3.05, 3.63) is 59.4 Å². The van der Waals surface area contributed by atoms with Crippen molar-refractivity contribution in [2.45, 2.75) is 5.75 Å². The second-order valence-corrected chi connectivity index (χ2v) is 5.42. The Morgan fingerprint density at radius 3 is 2.38 bits per heavy atom. The maximum atomic E-state index is 13.6. The van der Waals surface area contributed by atoms with Crippen molar-refractivity contribution in [3.63, 3.8) is 0 Å². The highest BCUT2D eigenvalue weighted by Gasteiger charge is 2.05. The Balaban J connectivity index is 2.09. The van der Waals surface area contributed by atoms with Gasteiger partial charge in [-0.25, -0.2) is 4.39 Å². The van der Waals surface area contributed by atoms with Crippen LogP contribution in [0.4, 0.5) is 4.39 Å². The zero-order chi connectivity index (χ0) is 15.2. The number of hydrogen-bond donors (Lipinski definition) is 1. The van der Waals surface area contributed by atoms with Gasteiger partial charge in [0.05, 0.1) is 11.3 Å². The summed E-state index contributed by atoms with van der Waals surface area (Å²) < 4.78 is 13.6. The van der Waals surface area contributed by atoms with Crippen molar-refractivity contribution in [3.8, 4) is 11.1 Å². The van der Waals surface area contributed by atoms with Gasteiger partial charge in [-0.2, -0.15) is 0 Å². The monoisotopic (exact) mass is 304 g/mol. The molecule has 0 bridgehead atoms. The smallest absolute Gasteiger partial charge is 0.313 e. The Bertz CT molecular complexity index is 653. The van der Waals surface area contributed by atoms with Gasteiger partial charge in [0.1, 0.15) is 5.82 Å². The van der Waals surface area contributed by atoms with E-state index in [9.17, 15) is 14.0 Å². The molecule has 2 aromatic carbocycles. The summed E-state index contributed by atoms with van der Waals surface area (Å²) in [5.41, 5.74) is 2.59. The number of halogens is 1. The van der Waals surface area contributed by atoms with Crippen molar-refractivity contribution in [2.75, 3.05) is 5.75 Å². The van der Waals surface area contributed by atoms with Gasteiger partial charge >= 0.3 is 5.97 Å². The highest BCUT2D eigenvalue weighted by molar-refractivity contribution is 7.99. The van der Waals surface area contributed by atoms with Gasteiger partial charge in [0.2, 0.25) is 0 Å². The van der Waals surface area contributed by atoms with Crippen molar-refractivity contribution in [1.29, 1.82) is 0 Å². The van der Waals surface area contributed by atoms with Crippen LogP contribution in [0.3, 0.4) is 0 Å². The van der Waals surface area contributed by atoms with Crippen LogP contribution in [-0.4, -0.2) is 23.1 Å². The molecular formula is C16H13FO3S. The van der Waals surface area contributed by atoms with Crippen LogP contribution < -0.4 is 0 Å². The predicted molar refractivity (Wildman–Crippen MR) is 81.0 cm³/mol. The minimum absolute atomic E-state index is 0.0421. The number of carboxylic acids is 1. The predicted octanol–water partition coefficient (Wildman–Crippen LogP) is 3.62. The van der Waals surface area contributed by atoms with E-state index in [0.717, 1.165) is 11.1 Å². The van der Waals surface area contributed by atoms with Gasteiger partial charge in [0.15, 0.2) is 6.29 Å². The summed E-state index contributed by atoms with van der Waals surface area (Å²) in [5.74, 6) is -0.684. The van der Waals surface area contributed by atoms with Gasteiger partial charge in [-0.1, -0.05) is 30.3 Å². The summed E-state index contributed by atoms with van der Waals surface area (Å²) in [5, 5.41) is 8.57. The molecule has 0 heterocycles. The lowest BCUT2D eigenvalue weighted by molar-refractivity contribution is -0.133. The first-order valence-corrected chi connectivity index (χ1v) is 7.39. The number of rotatable bonds is 6. The Morgan fingerprint density at radius 1 is 1.14 bits per heavy atom. The van der Waals surface area contributed by atoms with Crippen molar-refractivity contribution >= 4 is 24.0 Å². The molecule has 0 aromatic heterocycles. The number of carbonyl (C=O) groups excluding carboxylic acids is 1. The van der Waals surface area contributed by atoms with E-state index in [0.29, 0.717) is 17.6 Å². The molecular weight excluding hydrogens is 291 g/mol. The van der Waals surface area contributed by atoms with E-state index in [2.05, 4.69) is 0 Å². The zero-order valence-corrected chi connectivity index (χ0v) is 11.9. The molecule has 21 heavy (non-hydrogen) atoms. The van der Waals surface area contributed by atoms with Gasteiger partial charge in [-0.15, -0.1) is 11.8 Å². The average molecular weight is 304 g/mol. The third-order valence-corrected chi connectivity index (χ3v) is 3.90. The molecule has 2 aromatic rings. The van der Waals surface area contributed by atoms with Gasteiger partial charge in [0.25, 0.3) is 0 Å². The van der Waals surface area contributed by atoms with Crippen LogP contribution in [0.15, 0.2) is 42.5 Å². The number of aldehydes is 1. The number of carboxylic acid groups (broad SMARTS) is 1. The van der Waals surface area contributed by atoms with Crippen molar-refractivity contribution in [1.82, 2.24) is 0 Å². The Morgan fingerprint density at radius 2 is 1.81 bits per heavy atom. The number of aliphatic carboxylic acids is 1. The molecule has 0 aliphatic carbocycles. The molecule has 2 rings (SSSR count). The average Bonchev–Trinajstić information content (AvgIpc) is 2.47. The molecule has 0 unspecified atom stereocenters. The standard InChI is InChI=1S/C16H13FO3S/c17-15-7-13(5-6-14(15)8-18)12-3-1-11(2-4-12)9-21-10-16(19)20/h1-8H,9-10H2,(H,19,20). The minimum Gasteiger partial charge on any atom is -0.481 e. The first-order valence-electron chi connectivity index (χ1n) is 6.23. The zero-order valence-electron chi connectivity index (χ0n) is 11.1. The number of hydrogen-bond acceptors (Lipinski definition) is 3. The second kappa shape index (κ2) is 7.04. The summed E-state index contributed by atoms with van der Waals surface area (Å²) in [6.07, 6.45) is 0.488. The highest BCUT2D eigenvalue weighted by atomic mass is 32.2. The first-order chi connectivity index (χ1) is 10.1. The van der Waals surface area contributed by atoms with E-state index < -0.39 is 11.8 Å². The number of thioether (sulfide) groups is 1. The fourth-order valence-electron chi connectivity index (χ4n) is 1.85. The molecule has 0 amide bonds. The second-order valence-electron chi connectivity index (χ2n) is 4.44. The Kier molecular flexibility index (Phi) is 5.11. The third-order valence-electron chi connectivity index (χ3n) is 2.91. The summed E-state index contributed by atoms with van der Waals surface area (Å²) in [7, 11) is 0. The lowest BCUT2D eigenvalue weighted by Crippen LogP contribution is -1.98. The Hall–Kier alpha value is -2.14. The molecule has 0 aliphatic heterocycles. The van der Waals surface area contributed by atoms with E-state index in [1.54, 1.807) is 6.07 Å². The van der Waals surface area contributed by atoms with E-state index in [1.165, 1.54) is 23.9 Å². The van der Waals surface area contributed by atoms with Crippen LogP contribution in [-0.2, 0) is 10.5 Å². The normalized spacial score (nSPS) is 10.3. The maximum Gasteiger partial charge on any atom is 0.313 e. The SMILES string of the molecule is O=Cc1ccc(-c2ccc(CSCC(=O)O)cc2)cc1F. The lowest BCUT2D eigenvalue weighted by atomic mass is 10.0. The largest absolute Gasteiger partial charge is 0.481 e. The Labute approximate surface area is 125 Å². The number of benzene rings is 2. The fourth-order valence-corrected chi connectivity index (χ4v) is 2.56. The summed E-state index contributed by atoms with van der Waals surface area (Å²) >= 11 is 1.33. The summed E-state index contributed by atoms with van der Waals surface area (Å²) in [6.45, 7) is 0. The molecule has 1 N–H and O–H groups in total. The molecule has 0 spiro atoms. The highest BCUT2D eigenvalue weighted by Crippen LogP contribution is 2.23. The van der Waals surface area contributed by atoms with E-state index in [1.807, 2.05) is 24.3 Å². The van der Waals surface area contributed by atoms with Crippen LogP contribution >= 0.6 is 11.8 Å². The third kappa shape index (κ3) is 4.16. The minimum atomic E-state index is -0.831. The number of carbonyl (C=O) groups is 2. The molecule has 0 saturated heterocycles. The first kappa shape index (κ1) is 15.3.